The zero-order valence-electron chi connectivity index (χ0n) is 19.6. The maximum absolute atomic E-state index is 13.2. The van der Waals surface area contributed by atoms with E-state index in [4.69, 9.17) is 4.74 Å². The van der Waals surface area contributed by atoms with Crippen molar-refractivity contribution in [2.24, 2.45) is 0 Å². The number of Topliss-reactive ketones (excluding diaryl/α,β-unsaturated/α-hetero) is 1. The molecule has 6 heteroatoms. The van der Waals surface area contributed by atoms with E-state index in [-0.39, 0.29) is 17.9 Å². The van der Waals surface area contributed by atoms with E-state index in [9.17, 15) is 14.7 Å². The van der Waals surface area contributed by atoms with Crippen molar-refractivity contribution >= 4 is 17.4 Å². The fraction of sp³-hybridized carbons (Fsp3) is 0.250. The Hall–Kier alpha value is -3.93. The summed E-state index contributed by atoms with van der Waals surface area (Å²) in [4.78, 5) is 32.0. The number of carbonyl (C=O) groups excluding carboxylic acids is 2. The van der Waals surface area contributed by atoms with Crippen LogP contribution in [-0.2, 0) is 16.1 Å². The van der Waals surface area contributed by atoms with Crippen LogP contribution in [0.5, 0.6) is 5.75 Å². The number of hydrogen-bond donors (Lipinski definition) is 1. The molecule has 1 aliphatic rings. The Morgan fingerprint density at radius 3 is 2.35 bits per heavy atom. The lowest BCUT2D eigenvalue weighted by molar-refractivity contribution is -0.140. The Labute approximate surface area is 199 Å². The second-order valence-electron chi connectivity index (χ2n) is 8.57. The van der Waals surface area contributed by atoms with E-state index >= 15 is 0 Å². The summed E-state index contributed by atoms with van der Waals surface area (Å²) in [5.74, 6) is -0.535. The summed E-state index contributed by atoms with van der Waals surface area (Å²) in [6.07, 6.45) is 3.33. The Morgan fingerprint density at radius 1 is 1.06 bits per heavy atom. The number of likely N-dealkylation sites (tertiary alicyclic amines) is 1. The molecule has 1 N–H and O–H groups in total. The molecule has 6 nitrogen and oxygen atoms in total. The van der Waals surface area contributed by atoms with Gasteiger partial charge in [0.05, 0.1) is 18.2 Å². The third-order valence-corrected chi connectivity index (χ3v) is 5.97. The molecule has 2 heterocycles. The topological polar surface area (TPSA) is 79.7 Å². The van der Waals surface area contributed by atoms with Gasteiger partial charge in [0.2, 0.25) is 0 Å². The van der Waals surface area contributed by atoms with Gasteiger partial charge in [-0.15, -0.1) is 0 Å². The van der Waals surface area contributed by atoms with Crippen LogP contribution in [0.4, 0.5) is 0 Å². The fourth-order valence-electron chi connectivity index (χ4n) is 4.17. The smallest absolute Gasteiger partial charge is 0.295 e. The molecule has 1 atom stereocenters. The number of aliphatic hydroxyl groups is 1. The highest BCUT2D eigenvalue weighted by molar-refractivity contribution is 6.46. The summed E-state index contributed by atoms with van der Waals surface area (Å²) in [6, 6.07) is 17.6. The van der Waals surface area contributed by atoms with Crippen LogP contribution in [0.1, 0.15) is 55.0 Å². The van der Waals surface area contributed by atoms with Crippen LogP contribution in [-0.4, -0.2) is 33.3 Å². The summed E-state index contributed by atoms with van der Waals surface area (Å²) in [7, 11) is 0. The van der Waals surface area contributed by atoms with E-state index in [1.165, 1.54) is 4.90 Å². The molecule has 1 aliphatic heterocycles. The van der Waals surface area contributed by atoms with Crippen molar-refractivity contribution < 1.29 is 19.4 Å². The lowest BCUT2D eigenvalue weighted by Crippen LogP contribution is -2.29. The van der Waals surface area contributed by atoms with Crippen LogP contribution in [0, 0.1) is 0 Å². The van der Waals surface area contributed by atoms with E-state index in [1.54, 1.807) is 42.7 Å². The molecular weight excluding hydrogens is 428 g/mol. The standard InChI is InChI=1S/C28H28N2O4/c1-4-34-23-13-11-22(12-14-23)26(31)24-25(21-9-7-20(8-10-21)18(2)3)30(28(33)27(24)32)17-19-6-5-15-29-16-19/h5-16,18,25,31H,4,17H2,1-3H3/b26-24-. The number of aliphatic hydroxyl groups excluding tert-OH is 1. The van der Waals surface area contributed by atoms with E-state index in [1.807, 2.05) is 37.3 Å². The van der Waals surface area contributed by atoms with Gasteiger partial charge in [-0.05, 0) is 59.9 Å². The number of rotatable bonds is 7. The van der Waals surface area contributed by atoms with Gasteiger partial charge in [0.25, 0.3) is 11.7 Å². The third kappa shape index (κ3) is 4.57. The second-order valence-corrected chi connectivity index (χ2v) is 8.57. The van der Waals surface area contributed by atoms with Gasteiger partial charge in [-0.1, -0.05) is 44.2 Å². The maximum atomic E-state index is 13.2. The SMILES string of the molecule is CCOc1ccc(/C(O)=C2/C(=O)C(=O)N(Cc3cccnc3)C2c2ccc(C(C)C)cc2)cc1. The minimum Gasteiger partial charge on any atom is -0.507 e. The van der Waals surface area contributed by atoms with Crippen molar-refractivity contribution in [1.29, 1.82) is 0 Å². The predicted molar refractivity (Wildman–Crippen MR) is 130 cm³/mol. The maximum Gasteiger partial charge on any atom is 0.295 e. The normalized spacial score (nSPS) is 17.4. The largest absolute Gasteiger partial charge is 0.507 e. The van der Waals surface area contributed by atoms with Gasteiger partial charge in [-0.25, -0.2) is 0 Å². The summed E-state index contributed by atoms with van der Waals surface area (Å²) < 4.78 is 5.48. The molecule has 4 rings (SSSR count). The van der Waals surface area contributed by atoms with Gasteiger partial charge in [0.15, 0.2) is 0 Å². The van der Waals surface area contributed by atoms with Gasteiger partial charge in [0, 0.05) is 24.5 Å². The molecule has 3 aromatic rings. The molecule has 0 radical (unpaired) electrons. The molecule has 0 saturated carbocycles. The fourth-order valence-corrected chi connectivity index (χ4v) is 4.17. The van der Waals surface area contributed by atoms with Crippen LogP contribution in [0.2, 0.25) is 0 Å². The number of hydrogen-bond acceptors (Lipinski definition) is 5. The minimum atomic E-state index is -0.715. The van der Waals surface area contributed by atoms with Crippen LogP contribution in [0.15, 0.2) is 78.6 Å². The molecule has 1 saturated heterocycles. The zero-order chi connectivity index (χ0) is 24.2. The first-order valence-corrected chi connectivity index (χ1v) is 11.4. The van der Waals surface area contributed by atoms with Crippen molar-refractivity contribution in [2.75, 3.05) is 6.61 Å². The summed E-state index contributed by atoms with van der Waals surface area (Å²) in [5, 5.41) is 11.2. The number of nitrogens with zero attached hydrogens (tertiary/aromatic N) is 2. The first-order chi connectivity index (χ1) is 16.4. The summed E-state index contributed by atoms with van der Waals surface area (Å²) in [5.41, 5.74) is 3.25. The first-order valence-electron chi connectivity index (χ1n) is 11.4. The van der Waals surface area contributed by atoms with Crippen molar-refractivity contribution in [3.63, 3.8) is 0 Å². The molecule has 1 fully saturated rings. The molecule has 174 valence electrons. The lowest BCUT2D eigenvalue weighted by atomic mass is 9.93. The van der Waals surface area contributed by atoms with Crippen LogP contribution >= 0.6 is 0 Å². The highest BCUT2D eigenvalue weighted by Gasteiger charge is 2.46. The Balaban J connectivity index is 1.81. The van der Waals surface area contributed by atoms with E-state index in [0.717, 1.165) is 16.7 Å². The molecular formula is C28H28N2O4. The van der Waals surface area contributed by atoms with Crippen molar-refractivity contribution in [2.45, 2.75) is 39.3 Å². The Morgan fingerprint density at radius 2 is 1.76 bits per heavy atom. The van der Waals surface area contributed by atoms with Gasteiger partial charge in [0.1, 0.15) is 11.5 Å². The van der Waals surface area contributed by atoms with Gasteiger partial charge in [-0.2, -0.15) is 0 Å². The third-order valence-electron chi connectivity index (χ3n) is 5.97. The van der Waals surface area contributed by atoms with E-state index < -0.39 is 17.7 Å². The highest BCUT2D eigenvalue weighted by atomic mass is 16.5. The lowest BCUT2D eigenvalue weighted by Gasteiger charge is -2.25. The molecule has 0 spiro atoms. The molecule has 1 amide bonds. The van der Waals surface area contributed by atoms with Crippen LogP contribution in [0.3, 0.4) is 0 Å². The molecule has 34 heavy (non-hydrogen) atoms. The van der Waals surface area contributed by atoms with Crippen LogP contribution < -0.4 is 4.74 Å². The monoisotopic (exact) mass is 456 g/mol. The Bertz CT molecular complexity index is 1200. The number of benzene rings is 2. The molecule has 2 aromatic carbocycles. The zero-order valence-corrected chi connectivity index (χ0v) is 19.6. The Kier molecular flexibility index (Phi) is 6.77. The average Bonchev–Trinajstić information content (AvgIpc) is 3.10. The number of aromatic nitrogens is 1. The van der Waals surface area contributed by atoms with Crippen molar-refractivity contribution in [3.05, 3.63) is 101 Å². The summed E-state index contributed by atoms with van der Waals surface area (Å²) in [6.45, 7) is 6.83. The molecule has 1 unspecified atom stereocenters. The number of ketones is 1. The molecule has 0 aliphatic carbocycles. The number of pyridine rings is 1. The molecule has 1 aromatic heterocycles. The number of ether oxygens (including phenoxy) is 1. The van der Waals surface area contributed by atoms with Gasteiger partial charge < -0.3 is 14.7 Å². The first kappa shape index (κ1) is 23.2. The van der Waals surface area contributed by atoms with Crippen molar-refractivity contribution in [3.8, 4) is 5.75 Å². The number of carbonyl (C=O) groups is 2. The highest BCUT2D eigenvalue weighted by Crippen LogP contribution is 2.40. The quantitative estimate of drug-likeness (QED) is 0.299. The average molecular weight is 457 g/mol. The van der Waals surface area contributed by atoms with E-state index in [0.29, 0.717) is 23.8 Å². The van der Waals surface area contributed by atoms with Crippen LogP contribution in [0.25, 0.3) is 5.76 Å². The predicted octanol–water partition coefficient (Wildman–Crippen LogP) is 5.23. The van der Waals surface area contributed by atoms with Gasteiger partial charge >= 0.3 is 0 Å². The van der Waals surface area contributed by atoms with Crippen molar-refractivity contribution in [1.82, 2.24) is 9.88 Å². The minimum absolute atomic E-state index is 0.0790. The van der Waals surface area contributed by atoms with Gasteiger partial charge in [-0.3, -0.25) is 14.6 Å². The summed E-state index contributed by atoms with van der Waals surface area (Å²) >= 11 is 0. The van der Waals surface area contributed by atoms with E-state index in [2.05, 4.69) is 18.8 Å². The molecule has 0 bridgehead atoms. The number of amides is 1. The second kappa shape index (κ2) is 9.91.